The Morgan fingerprint density at radius 2 is 1.81 bits per heavy atom. The number of rotatable bonds is 5. The molecule has 0 radical (unpaired) electrons. The first-order valence-electron chi connectivity index (χ1n) is 9.39. The van der Waals surface area contributed by atoms with E-state index in [0.717, 1.165) is 4.88 Å². The summed E-state index contributed by atoms with van der Waals surface area (Å²) in [7, 11) is 0. The van der Waals surface area contributed by atoms with E-state index in [1.807, 2.05) is 17.5 Å². The molecule has 0 fully saturated rings. The number of aromatic nitrogens is 2. The fourth-order valence-electron chi connectivity index (χ4n) is 3.20. The summed E-state index contributed by atoms with van der Waals surface area (Å²) in [5, 5.41) is 8.80. The number of para-hydroxylation sites is 1. The summed E-state index contributed by atoms with van der Waals surface area (Å²) >= 11 is 1.41. The van der Waals surface area contributed by atoms with Gasteiger partial charge in [-0.15, -0.1) is 11.3 Å². The third kappa shape index (κ3) is 4.29. The van der Waals surface area contributed by atoms with E-state index >= 15 is 0 Å². The second-order valence-corrected chi connectivity index (χ2v) is 7.81. The van der Waals surface area contributed by atoms with Crippen molar-refractivity contribution in [1.82, 2.24) is 15.1 Å². The molecule has 4 rings (SSSR count). The number of benzene rings is 2. The van der Waals surface area contributed by atoms with Crippen LogP contribution in [0.4, 0.5) is 8.78 Å². The Kier molecular flexibility index (Phi) is 5.73. The Morgan fingerprint density at radius 3 is 2.48 bits per heavy atom. The molecular weight excluding hydrogens is 420 g/mol. The molecule has 0 unspecified atom stereocenters. The predicted octanol–water partition coefficient (Wildman–Crippen LogP) is 4.40. The van der Waals surface area contributed by atoms with Crippen molar-refractivity contribution in [3.8, 4) is 5.69 Å². The molecule has 1 amide bonds. The zero-order valence-electron chi connectivity index (χ0n) is 16.4. The summed E-state index contributed by atoms with van der Waals surface area (Å²) in [4.78, 5) is 26.4. The van der Waals surface area contributed by atoms with Gasteiger partial charge in [0, 0.05) is 16.6 Å². The lowest BCUT2D eigenvalue weighted by molar-refractivity contribution is 0.0935. The smallest absolute Gasteiger partial charge is 0.276 e. The van der Waals surface area contributed by atoms with E-state index in [1.54, 1.807) is 31.2 Å². The second kappa shape index (κ2) is 8.61. The van der Waals surface area contributed by atoms with Crippen molar-refractivity contribution >= 4 is 17.2 Å². The van der Waals surface area contributed by atoms with E-state index in [4.69, 9.17) is 0 Å². The SMILES string of the molecule is Cc1cc(=O)c(C(=O)N[C@H](c2ccc(F)cc2)c2cccs2)nn1-c1ccccc1F. The highest BCUT2D eigenvalue weighted by Crippen LogP contribution is 2.26. The van der Waals surface area contributed by atoms with Gasteiger partial charge in [-0.3, -0.25) is 9.59 Å². The molecule has 8 heteroatoms. The molecule has 2 aromatic carbocycles. The van der Waals surface area contributed by atoms with Crippen molar-refractivity contribution in [2.45, 2.75) is 13.0 Å². The van der Waals surface area contributed by atoms with E-state index < -0.39 is 29.0 Å². The van der Waals surface area contributed by atoms with Crippen molar-refractivity contribution in [2.24, 2.45) is 0 Å². The number of carbonyl (C=O) groups excluding carboxylic acids is 1. The number of carbonyl (C=O) groups is 1. The van der Waals surface area contributed by atoms with Gasteiger partial charge in [-0.1, -0.05) is 30.3 Å². The second-order valence-electron chi connectivity index (χ2n) is 6.84. The number of thiophene rings is 1. The van der Waals surface area contributed by atoms with E-state index in [1.165, 1.54) is 46.4 Å². The largest absolute Gasteiger partial charge is 0.339 e. The molecule has 0 aliphatic heterocycles. The molecule has 0 aliphatic rings. The van der Waals surface area contributed by atoms with Crippen LogP contribution in [0.2, 0.25) is 0 Å². The normalized spacial score (nSPS) is 11.8. The molecule has 5 nitrogen and oxygen atoms in total. The summed E-state index contributed by atoms with van der Waals surface area (Å²) in [5.41, 5.74) is 0.227. The van der Waals surface area contributed by atoms with Gasteiger partial charge < -0.3 is 5.32 Å². The van der Waals surface area contributed by atoms with Crippen LogP contribution in [0.3, 0.4) is 0 Å². The van der Waals surface area contributed by atoms with Gasteiger partial charge in [0.1, 0.15) is 17.3 Å². The summed E-state index contributed by atoms with van der Waals surface area (Å²) < 4.78 is 28.9. The van der Waals surface area contributed by atoms with Gasteiger partial charge in [-0.25, -0.2) is 13.5 Å². The predicted molar refractivity (Wildman–Crippen MR) is 115 cm³/mol. The minimum atomic E-state index is -0.710. The zero-order chi connectivity index (χ0) is 22.0. The molecule has 2 heterocycles. The number of amides is 1. The molecule has 31 heavy (non-hydrogen) atoms. The van der Waals surface area contributed by atoms with Crippen molar-refractivity contribution < 1.29 is 13.6 Å². The molecule has 1 atom stereocenters. The fourth-order valence-corrected chi connectivity index (χ4v) is 4.00. The summed E-state index contributed by atoms with van der Waals surface area (Å²) in [6.07, 6.45) is 0. The van der Waals surface area contributed by atoms with E-state index in [2.05, 4.69) is 10.4 Å². The lowest BCUT2D eigenvalue weighted by Gasteiger charge is -2.18. The van der Waals surface area contributed by atoms with Gasteiger partial charge in [0.15, 0.2) is 5.69 Å². The molecule has 0 saturated carbocycles. The van der Waals surface area contributed by atoms with E-state index in [9.17, 15) is 18.4 Å². The van der Waals surface area contributed by atoms with Crippen molar-refractivity contribution in [3.63, 3.8) is 0 Å². The molecular formula is C23H17F2N3O2S. The average Bonchev–Trinajstić information content (AvgIpc) is 3.28. The molecule has 0 spiro atoms. The lowest BCUT2D eigenvalue weighted by Crippen LogP contribution is -2.34. The zero-order valence-corrected chi connectivity index (χ0v) is 17.2. The van der Waals surface area contributed by atoms with E-state index in [0.29, 0.717) is 11.3 Å². The van der Waals surface area contributed by atoms with Crippen LogP contribution < -0.4 is 10.7 Å². The van der Waals surface area contributed by atoms with Gasteiger partial charge in [0.2, 0.25) is 5.43 Å². The Balaban J connectivity index is 1.73. The van der Waals surface area contributed by atoms with Gasteiger partial charge in [-0.2, -0.15) is 5.10 Å². The molecule has 0 bridgehead atoms. The van der Waals surface area contributed by atoms with Crippen LogP contribution in [0.5, 0.6) is 0 Å². The quantitative estimate of drug-likeness (QED) is 0.503. The topological polar surface area (TPSA) is 64.0 Å². The lowest BCUT2D eigenvalue weighted by atomic mass is 10.0. The van der Waals surface area contributed by atoms with Crippen LogP contribution in [0.1, 0.15) is 32.7 Å². The number of nitrogens with zero attached hydrogens (tertiary/aromatic N) is 2. The van der Waals surface area contributed by atoms with Gasteiger partial charge in [0.05, 0.1) is 6.04 Å². The highest BCUT2D eigenvalue weighted by molar-refractivity contribution is 7.10. The number of nitrogens with one attached hydrogen (secondary N) is 1. The standard InChI is InChI=1S/C23H17F2N3O2S/c1-14-13-19(29)22(27-28(14)18-6-3-2-5-17(18)25)23(30)26-21(20-7-4-12-31-20)15-8-10-16(24)11-9-15/h2-13,21H,1H3,(H,26,30)/t21-/m1/s1. The monoisotopic (exact) mass is 437 g/mol. The van der Waals surface area contributed by atoms with Crippen LogP contribution in [-0.4, -0.2) is 15.7 Å². The van der Waals surface area contributed by atoms with Gasteiger partial charge in [-0.05, 0) is 48.2 Å². The average molecular weight is 437 g/mol. The van der Waals surface area contributed by atoms with E-state index in [-0.39, 0.29) is 11.4 Å². The Hall–Kier alpha value is -3.65. The first kappa shape index (κ1) is 20.6. The van der Waals surface area contributed by atoms with Crippen molar-refractivity contribution in [2.75, 3.05) is 0 Å². The molecule has 0 saturated heterocycles. The number of aryl methyl sites for hydroxylation is 1. The first-order chi connectivity index (χ1) is 14.9. The molecule has 156 valence electrons. The molecule has 1 N–H and O–H groups in total. The number of halogens is 2. The highest BCUT2D eigenvalue weighted by atomic mass is 32.1. The van der Waals surface area contributed by atoms with Crippen LogP contribution in [0.25, 0.3) is 5.69 Å². The van der Waals surface area contributed by atoms with Crippen molar-refractivity contribution in [1.29, 1.82) is 0 Å². The van der Waals surface area contributed by atoms with Gasteiger partial charge >= 0.3 is 0 Å². The van der Waals surface area contributed by atoms with Crippen molar-refractivity contribution in [3.05, 3.63) is 116 Å². The number of hydrogen-bond acceptors (Lipinski definition) is 4. The Labute approximate surface area is 180 Å². The minimum Gasteiger partial charge on any atom is -0.339 e. The maximum Gasteiger partial charge on any atom is 0.276 e. The molecule has 4 aromatic rings. The minimum absolute atomic E-state index is 0.127. The van der Waals surface area contributed by atoms with Crippen LogP contribution in [0.15, 0.2) is 76.9 Å². The van der Waals surface area contributed by atoms with Crippen LogP contribution in [-0.2, 0) is 0 Å². The summed E-state index contributed by atoms with van der Waals surface area (Å²) in [5.74, 6) is -1.64. The van der Waals surface area contributed by atoms with Crippen LogP contribution in [0, 0.1) is 18.6 Å². The summed E-state index contributed by atoms with van der Waals surface area (Å²) in [6, 6.07) is 16.0. The first-order valence-corrected chi connectivity index (χ1v) is 10.3. The third-order valence-electron chi connectivity index (χ3n) is 4.71. The fraction of sp³-hybridized carbons (Fsp3) is 0.0870. The number of hydrogen-bond donors (Lipinski definition) is 1. The maximum atomic E-state index is 14.3. The Bertz CT molecular complexity index is 1290. The molecule has 2 aromatic heterocycles. The highest BCUT2D eigenvalue weighted by Gasteiger charge is 2.23. The third-order valence-corrected chi connectivity index (χ3v) is 5.65. The van der Waals surface area contributed by atoms with Crippen LogP contribution >= 0.6 is 11.3 Å². The maximum absolute atomic E-state index is 14.3. The van der Waals surface area contributed by atoms with Gasteiger partial charge in [0.25, 0.3) is 5.91 Å². The Morgan fingerprint density at radius 1 is 1.06 bits per heavy atom. The molecule has 0 aliphatic carbocycles. The summed E-state index contributed by atoms with van der Waals surface area (Å²) in [6.45, 7) is 1.61.